The number of nitrogens with zero attached hydrogens (tertiary/aromatic N) is 4. The Bertz CT molecular complexity index is 2340. The standard InChI is InChI=1S/C48H55Cl2N7O8/c1-56(2)17-9-15-51-43(58)39-25-19-31(35(21-25)64-47(62)29-23-37(49)53-33-13-7-5-11-27(29)33)41(39)45(60)55-46(61)42-32-20-26(40(42)44(59)52-16-10-18-57(3)4)22-36(32)65-48(63)30-24-38(50)54-34-14-8-6-12-28(30)34/h5-8,11-14,23-26,31-32,35-36,39-42H,9-10,15-22H2,1-4H3,(H,51,58)(H,52,59)(H,55,60,61). The van der Waals surface area contributed by atoms with Gasteiger partial charge in [-0.25, -0.2) is 19.6 Å². The normalized spacial score (nSPS) is 26.5. The molecule has 17 heteroatoms. The van der Waals surface area contributed by atoms with Gasteiger partial charge in [-0.2, -0.15) is 0 Å². The molecule has 15 nitrogen and oxygen atoms in total. The van der Waals surface area contributed by atoms with Gasteiger partial charge in [-0.3, -0.25) is 24.5 Å². The maximum Gasteiger partial charge on any atom is 0.339 e. The van der Waals surface area contributed by atoms with Crippen molar-refractivity contribution in [2.24, 2.45) is 47.3 Å². The van der Waals surface area contributed by atoms with Crippen LogP contribution in [-0.2, 0) is 28.7 Å². The molecular formula is C48H55Cl2N7O8. The van der Waals surface area contributed by atoms with Crippen molar-refractivity contribution in [1.82, 2.24) is 35.7 Å². The average Bonchev–Trinajstić information content (AvgIpc) is 4.06. The van der Waals surface area contributed by atoms with Gasteiger partial charge in [0.15, 0.2) is 0 Å². The minimum atomic E-state index is -1.02. The molecule has 4 aliphatic carbocycles. The molecule has 0 spiro atoms. The number of hydrogen-bond acceptors (Lipinski definition) is 12. The van der Waals surface area contributed by atoms with Crippen molar-refractivity contribution in [3.05, 3.63) is 82.1 Å². The summed E-state index contributed by atoms with van der Waals surface area (Å²) >= 11 is 12.6. The first-order chi connectivity index (χ1) is 31.2. The Labute approximate surface area is 387 Å². The molecule has 4 amide bonds. The van der Waals surface area contributed by atoms with Crippen LogP contribution < -0.4 is 16.0 Å². The van der Waals surface area contributed by atoms with E-state index in [-0.39, 0.29) is 45.1 Å². The van der Waals surface area contributed by atoms with Crippen molar-refractivity contribution in [1.29, 1.82) is 0 Å². The monoisotopic (exact) mass is 927 g/mol. The van der Waals surface area contributed by atoms with Gasteiger partial charge in [0.25, 0.3) is 0 Å². The van der Waals surface area contributed by atoms with Crippen LogP contribution in [0.3, 0.4) is 0 Å². The topological polar surface area (TPSA) is 189 Å². The van der Waals surface area contributed by atoms with E-state index in [1.165, 1.54) is 12.1 Å². The van der Waals surface area contributed by atoms with E-state index < -0.39 is 71.5 Å². The van der Waals surface area contributed by atoms with Crippen molar-refractivity contribution in [3.63, 3.8) is 0 Å². The lowest BCUT2D eigenvalue weighted by Crippen LogP contribution is -2.53. The summed E-state index contributed by atoms with van der Waals surface area (Å²) in [6.45, 7) is 2.28. The van der Waals surface area contributed by atoms with Crippen LogP contribution in [0, 0.1) is 47.3 Å². The van der Waals surface area contributed by atoms with E-state index in [4.69, 9.17) is 32.7 Å². The number of hydrogen-bond donors (Lipinski definition) is 3. The Kier molecular flexibility index (Phi) is 14.0. The summed E-state index contributed by atoms with van der Waals surface area (Å²) < 4.78 is 12.3. The number of aromatic nitrogens is 2. The molecule has 0 radical (unpaired) electrons. The number of benzene rings is 2. The summed E-state index contributed by atoms with van der Waals surface area (Å²) in [5, 5.41) is 10.1. The summed E-state index contributed by atoms with van der Waals surface area (Å²) in [6, 6.07) is 17.1. The number of amides is 4. The molecule has 344 valence electrons. The molecule has 2 aromatic carbocycles. The molecule has 8 rings (SSSR count). The van der Waals surface area contributed by atoms with Crippen LogP contribution in [0.1, 0.15) is 59.2 Å². The lowest BCUT2D eigenvalue weighted by Gasteiger charge is -2.36. The highest BCUT2D eigenvalue weighted by molar-refractivity contribution is 6.31. The zero-order valence-corrected chi connectivity index (χ0v) is 38.4. The number of para-hydroxylation sites is 2. The number of halogens is 2. The van der Waals surface area contributed by atoms with Crippen molar-refractivity contribution in [3.8, 4) is 0 Å². The molecule has 4 fully saturated rings. The number of carbonyl (C=O) groups excluding carboxylic acids is 6. The predicted molar refractivity (Wildman–Crippen MR) is 244 cm³/mol. The van der Waals surface area contributed by atoms with E-state index in [9.17, 15) is 28.8 Å². The largest absolute Gasteiger partial charge is 0.458 e. The lowest BCUT2D eigenvalue weighted by molar-refractivity contribution is -0.147. The SMILES string of the molecule is CN(C)CCCNC(=O)C1C2CC(OC(=O)c3cc(Cl)nc4ccccc34)C(C2)C1C(=O)NC(=O)C1C2CC(CC2OC(=O)c2cc(Cl)nc3ccccc23)C1C(=O)NCCCN(C)C. The minimum absolute atomic E-state index is 0.124. The van der Waals surface area contributed by atoms with Crippen LogP contribution in [0.2, 0.25) is 10.3 Å². The number of nitrogens with one attached hydrogen (secondary N) is 3. The number of esters is 2. The fourth-order valence-corrected chi connectivity index (χ4v) is 11.5. The van der Waals surface area contributed by atoms with E-state index >= 15 is 0 Å². The van der Waals surface area contributed by atoms with Gasteiger partial charge in [0.2, 0.25) is 23.6 Å². The first-order valence-electron chi connectivity index (χ1n) is 22.4. The first kappa shape index (κ1) is 46.3. The van der Waals surface area contributed by atoms with Gasteiger partial charge < -0.3 is 29.9 Å². The second-order valence-electron chi connectivity index (χ2n) is 18.5. The maximum atomic E-state index is 14.7. The van der Waals surface area contributed by atoms with Gasteiger partial charge >= 0.3 is 11.9 Å². The van der Waals surface area contributed by atoms with Crippen LogP contribution in [0.4, 0.5) is 0 Å². The Hall–Kier alpha value is -5.22. The quantitative estimate of drug-likeness (QED) is 0.0581. The molecule has 4 aromatic rings. The third-order valence-corrected chi connectivity index (χ3v) is 14.2. The second-order valence-corrected chi connectivity index (χ2v) is 19.3. The Morgan fingerprint density at radius 1 is 0.585 bits per heavy atom. The van der Waals surface area contributed by atoms with Crippen LogP contribution in [0.5, 0.6) is 0 Å². The van der Waals surface area contributed by atoms with Crippen molar-refractivity contribution in [2.75, 3.05) is 54.4 Å². The van der Waals surface area contributed by atoms with E-state index in [2.05, 4.69) is 25.9 Å². The van der Waals surface area contributed by atoms with Crippen LogP contribution >= 0.6 is 23.2 Å². The molecule has 4 aliphatic rings. The number of ether oxygens (including phenoxy) is 2. The molecule has 10 atom stereocenters. The molecule has 2 aromatic heterocycles. The van der Waals surface area contributed by atoms with Gasteiger partial charge in [0.05, 0.1) is 45.8 Å². The minimum Gasteiger partial charge on any atom is -0.458 e. The van der Waals surface area contributed by atoms with E-state index in [1.54, 1.807) is 48.5 Å². The average molecular weight is 929 g/mol. The van der Waals surface area contributed by atoms with E-state index in [1.807, 2.05) is 38.0 Å². The molecular weight excluding hydrogens is 873 g/mol. The second kappa shape index (κ2) is 19.7. The van der Waals surface area contributed by atoms with Gasteiger partial charge in [0, 0.05) is 35.7 Å². The maximum absolute atomic E-state index is 14.7. The Balaban J connectivity index is 1.04. The molecule has 2 heterocycles. The molecule has 65 heavy (non-hydrogen) atoms. The summed E-state index contributed by atoms with van der Waals surface area (Å²) in [7, 11) is 7.78. The summed E-state index contributed by atoms with van der Waals surface area (Å²) in [4.78, 5) is 97.9. The molecule has 4 bridgehead atoms. The van der Waals surface area contributed by atoms with Crippen molar-refractivity contribution < 1.29 is 38.2 Å². The van der Waals surface area contributed by atoms with Crippen LogP contribution in [0.15, 0.2) is 60.7 Å². The van der Waals surface area contributed by atoms with Gasteiger partial charge in [0.1, 0.15) is 22.5 Å². The number of imide groups is 1. The fourth-order valence-electron chi connectivity index (χ4n) is 11.1. The summed E-state index contributed by atoms with van der Waals surface area (Å²) in [5.74, 6) is -8.59. The highest BCUT2D eigenvalue weighted by atomic mass is 35.5. The summed E-state index contributed by atoms with van der Waals surface area (Å²) in [5.41, 5.74) is 1.50. The smallest absolute Gasteiger partial charge is 0.339 e. The Morgan fingerprint density at radius 3 is 1.38 bits per heavy atom. The number of carbonyl (C=O) groups is 6. The lowest BCUT2D eigenvalue weighted by atomic mass is 9.75. The summed E-state index contributed by atoms with van der Waals surface area (Å²) in [6.07, 6.45) is 1.49. The molecule has 0 saturated heterocycles. The molecule has 10 unspecified atom stereocenters. The Morgan fingerprint density at radius 2 is 0.985 bits per heavy atom. The highest BCUT2D eigenvalue weighted by Gasteiger charge is 2.62. The fraction of sp³-hybridized carbons (Fsp3) is 0.500. The van der Waals surface area contributed by atoms with E-state index in [0.717, 1.165) is 13.1 Å². The van der Waals surface area contributed by atoms with Crippen molar-refractivity contribution in [2.45, 2.75) is 50.7 Å². The zero-order valence-electron chi connectivity index (χ0n) is 36.9. The predicted octanol–water partition coefficient (Wildman–Crippen LogP) is 5.16. The zero-order chi connectivity index (χ0) is 46.1. The van der Waals surface area contributed by atoms with E-state index in [0.29, 0.717) is 73.4 Å². The van der Waals surface area contributed by atoms with Crippen LogP contribution in [-0.4, -0.2) is 122 Å². The number of fused-ring (bicyclic) bond motifs is 6. The third kappa shape index (κ3) is 9.84. The first-order valence-corrected chi connectivity index (χ1v) is 23.2. The van der Waals surface area contributed by atoms with Gasteiger partial charge in [-0.15, -0.1) is 0 Å². The number of pyridine rings is 2. The molecule has 0 aliphatic heterocycles. The van der Waals surface area contributed by atoms with Crippen LogP contribution in [0.25, 0.3) is 21.8 Å². The third-order valence-electron chi connectivity index (χ3n) is 13.8. The molecule has 3 N–H and O–H groups in total. The van der Waals surface area contributed by atoms with Crippen molar-refractivity contribution >= 4 is 80.6 Å². The molecule has 4 saturated carbocycles. The van der Waals surface area contributed by atoms with Gasteiger partial charge in [-0.05, 0) is 116 Å². The highest BCUT2D eigenvalue weighted by Crippen LogP contribution is 2.56. The number of rotatable bonds is 16. The van der Waals surface area contributed by atoms with Gasteiger partial charge in [-0.1, -0.05) is 59.6 Å².